The molecule has 0 radical (unpaired) electrons. The number of benzene rings is 2. The van der Waals surface area contributed by atoms with E-state index in [1.807, 2.05) is 30.3 Å². The molecule has 2 aromatic carbocycles. The van der Waals surface area contributed by atoms with Crippen LogP contribution in [0, 0.1) is 5.92 Å². The lowest BCUT2D eigenvalue weighted by Crippen LogP contribution is -2.37. The molecule has 1 aliphatic heterocycles. The van der Waals surface area contributed by atoms with Gasteiger partial charge in [-0.15, -0.1) is 0 Å². The van der Waals surface area contributed by atoms with Crippen molar-refractivity contribution in [3.63, 3.8) is 0 Å². The van der Waals surface area contributed by atoms with Gasteiger partial charge in [-0.2, -0.15) is 0 Å². The molecule has 6 heteroatoms. The number of phenols is 1. The van der Waals surface area contributed by atoms with Crippen LogP contribution in [0.25, 0.3) is 0 Å². The molecule has 4 rings (SSSR count). The van der Waals surface area contributed by atoms with Crippen LogP contribution in [0.4, 0.5) is 0 Å². The zero-order valence-electron chi connectivity index (χ0n) is 17.8. The number of rotatable bonds is 4. The number of methoxy groups -OCH3 is 2. The Labute approximate surface area is 181 Å². The van der Waals surface area contributed by atoms with E-state index in [2.05, 4.69) is 0 Å². The molecule has 0 amide bonds. The minimum absolute atomic E-state index is 0.00760. The smallest absolute Gasteiger partial charge is 0.315 e. The normalized spacial score (nSPS) is 23.1. The van der Waals surface area contributed by atoms with Crippen LogP contribution in [0.15, 0.2) is 64.8 Å². The molecule has 2 aromatic rings. The molecule has 3 unspecified atom stereocenters. The largest absolute Gasteiger partial charge is 0.508 e. The van der Waals surface area contributed by atoms with Gasteiger partial charge in [-0.1, -0.05) is 24.3 Å². The summed E-state index contributed by atoms with van der Waals surface area (Å²) in [4.78, 5) is 30.8. The van der Waals surface area contributed by atoms with Crippen LogP contribution in [0.3, 0.4) is 0 Å². The van der Waals surface area contributed by atoms with Crippen molar-refractivity contribution < 1.29 is 24.2 Å². The second-order valence-corrected chi connectivity index (χ2v) is 7.99. The Morgan fingerprint density at radius 3 is 2.45 bits per heavy atom. The SMILES string of the molecule is COC(=O)C1C(C)=NC2=C(C(=O)CC(c3ccc(OC)cc3)C2)C1c1cccc(O)c1. The first-order valence-electron chi connectivity index (χ1n) is 10.2. The average molecular weight is 419 g/mol. The highest BCUT2D eigenvalue weighted by atomic mass is 16.5. The number of hydrogen-bond donors (Lipinski definition) is 1. The van der Waals surface area contributed by atoms with Crippen LogP contribution >= 0.6 is 0 Å². The van der Waals surface area contributed by atoms with Crippen molar-refractivity contribution in [1.29, 1.82) is 0 Å². The van der Waals surface area contributed by atoms with Crippen LogP contribution in [0.1, 0.15) is 42.7 Å². The van der Waals surface area contributed by atoms with Crippen LogP contribution < -0.4 is 4.74 Å². The number of aliphatic imine (C=N–C) groups is 1. The van der Waals surface area contributed by atoms with Gasteiger partial charge >= 0.3 is 5.97 Å². The van der Waals surface area contributed by atoms with E-state index < -0.39 is 17.8 Å². The zero-order valence-corrected chi connectivity index (χ0v) is 17.8. The van der Waals surface area contributed by atoms with E-state index in [0.717, 1.165) is 11.3 Å². The van der Waals surface area contributed by atoms with Crippen LogP contribution in [0.2, 0.25) is 0 Å². The van der Waals surface area contributed by atoms with E-state index in [0.29, 0.717) is 35.4 Å². The van der Waals surface area contributed by atoms with Gasteiger partial charge in [-0.3, -0.25) is 14.6 Å². The van der Waals surface area contributed by atoms with Gasteiger partial charge in [0.1, 0.15) is 17.4 Å². The van der Waals surface area contributed by atoms with Crippen LogP contribution in [-0.2, 0) is 14.3 Å². The topological polar surface area (TPSA) is 85.2 Å². The lowest BCUT2D eigenvalue weighted by molar-refractivity contribution is -0.143. The second kappa shape index (κ2) is 8.38. The first-order chi connectivity index (χ1) is 14.9. The van der Waals surface area contributed by atoms with Gasteiger partial charge in [0.2, 0.25) is 0 Å². The van der Waals surface area contributed by atoms with E-state index in [1.165, 1.54) is 7.11 Å². The summed E-state index contributed by atoms with van der Waals surface area (Å²) in [6, 6.07) is 14.5. The summed E-state index contributed by atoms with van der Waals surface area (Å²) < 4.78 is 10.3. The Hall–Kier alpha value is -3.41. The van der Waals surface area contributed by atoms with E-state index in [-0.39, 0.29) is 17.5 Å². The van der Waals surface area contributed by atoms with E-state index in [4.69, 9.17) is 14.5 Å². The number of nitrogens with zero attached hydrogens (tertiary/aromatic N) is 1. The monoisotopic (exact) mass is 419 g/mol. The first-order valence-corrected chi connectivity index (χ1v) is 10.2. The third kappa shape index (κ3) is 3.85. The molecule has 0 aromatic heterocycles. The number of esters is 1. The Morgan fingerprint density at radius 1 is 1.06 bits per heavy atom. The van der Waals surface area contributed by atoms with Gasteiger partial charge < -0.3 is 14.6 Å². The van der Waals surface area contributed by atoms with E-state index in [1.54, 1.807) is 32.2 Å². The maximum atomic E-state index is 13.4. The molecule has 0 bridgehead atoms. The van der Waals surface area contributed by atoms with Gasteiger partial charge in [0.25, 0.3) is 0 Å². The Morgan fingerprint density at radius 2 is 1.81 bits per heavy atom. The summed E-state index contributed by atoms with van der Waals surface area (Å²) in [7, 11) is 2.95. The summed E-state index contributed by atoms with van der Waals surface area (Å²) in [6.07, 6.45) is 0.941. The fourth-order valence-corrected chi connectivity index (χ4v) is 4.68. The molecule has 3 atom stereocenters. The van der Waals surface area contributed by atoms with Gasteiger partial charge in [0.15, 0.2) is 5.78 Å². The number of phenolic OH excluding ortho intramolecular Hbond substituents is 1. The Bertz CT molecular complexity index is 1080. The second-order valence-electron chi connectivity index (χ2n) is 7.99. The highest BCUT2D eigenvalue weighted by molar-refractivity contribution is 6.09. The molecule has 6 nitrogen and oxygen atoms in total. The lowest BCUT2D eigenvalue weighted by atomic mass is 9.69. The summed E-state index contributed by atoms with van der Waals surface area (Å²) >= 11 is 0. The predicted octanol–water partition coefficient (Wildman–Crippen LogP) is 4.15. The van der Waals surface area contributed by atoms with Crippen molar-refractivity contribution in [2.24, 2.45) is 10.9 Å². The summed E-state index contributed by atoms with van der Waals surface area (Å²) in [5, 5.41) is 10.0. The highest BCUT2D eigenvalue weighted by Gasteiger charge is 2.44. The Balaban J connectivity index is 1.78. The molecule has 31 heavy (non-hydrogen) atoms. The Kier molecular flexibility index (Phi) is 5.63. The number of ether oxygens (including phenoxy) is 2. The van der Waals surface area contributed by atoms with Gasteiger partial charge in [-0.25, -0.2) is 0 Å². The molecule has 0 saturated heterocycles. The molecular weight excluding hydrogens is 394 g/mol. The number of allylic oxidation sites excluding steroid dienone is 2. The number of hydrogen-bond acceptors (Lipinski definition) is 6. The molecule has 160 valence electrons. The third-order valence-corrected chi connectivity index (χ3v) is 6.16. The fourth-order valence-electron chi connectivity index (χ4n) is 4.68. The fraction of sp³-hybridized carbons (Fsp3) is 0.320. The average Bonchev–Trinajstić information content (AvgIpc) is 2.77. The van der Waals surface area contributed by atoms with Crippen LogP contribution in [0.5, 0.6) is 11.5 Å². The van der Waals surface area contributed by atoms with Crippen molar-refractivity contribution in [2.45, 2.75) is 31.6 Å². The van der Waals surface area contributed by atoms with Gasteiger partial charge in [0, 0.05) is 29.3 Å². The van der Waals surface area contributed by atoms with Crippen molar-refractivity contribution in [1.82, 2.24) is 0 Å². The number of Topliss-reactive ketones (excluding diaryl/α,β-unsaturated/α-hetero) is 1. The zero-order chi connectivity index (χ0) is 22.1. The number of carbonyl (C=O) groups excluding carboxylic acids is 2. The van der Waals surface area contributed by atoms with Crippen molar-refractivity contribution >= 4 is 17.5 Å². The molecule has 0 fully saturated rings. The minimum Gasteiger partial charge on any atom is -0.508 e. The summed E-state index contributed by atoms with van der Waals surface area (Å²) in [6.45, 7) is 1.79. The third-order valence-electron chi connectivity index (χ3n) is 6.16. The van der Waals surface area contributed by atoms with Crippen LogP contribution in [-0.4, -0.2) is 36.8 Å². The van der Waals surface area contributed by atoms with E-state index in [9.17, 15) is 14.7 Å². The first kappa shape index (κ1) is 20.8. The molecule has 1 heterocycles. The number of carbonyl (C=O) groups is 2. The number of ketones is 1. The van der Waals surface area contributed by atoms with Crippen molar-refractivity contribution in [3.05, 3.63) is 70.9 Å². The predicted molar refractivity (Wildman–Crippen MR) is 116 cm³/mol. The lowest BCUT2D eigenvalue weighted by Gasteiger charge is -2.36. The maximum Gasteiger partial charge on any atom is 0.315 e. The molecule has 0 spiro atoms. The quantitative estimate of drug-likeness (QED) is 0.753. The molecule has 1 aliphatic carbocycles. The maximum absolute atomic E-state index is 13.4. The molecular formula is C25H25NO5. The highest BCUT2D eigenvalue weighted by Crippen LogP contribution is 2.47. The van der Waals surface area contributed by atoms with Crippen molar-refractivity contribution in [2.75, 3.05) is 14.2 Å². The van der Waals surface area contributed by atoms with E-state index >= 15 is 0 Å². The summed E-state index contributed by atoms with van der Waals surface area (Å²) in [5.74, 6) is -0.839. The molecule has 2 aliphatic rings. The molecule has 0 saturated carbocycles. The van der Waals surface area contributed by atoms with Gasteiger partial charge in [-0.05, 0) is 54.7 Å². The summed E-state index contributed by atoms with van der Waals surface area (Å²) in [5.41, 5.74) is 3.63. The molecule has 1 N–H and O–H groups in total. The number of aromatic hydroxyl groups is 1. The van der Waals surface area contributed by atoms with Crippen molar-refractivity contribution in [3.8, 4) is 11.5 Å². The standard InChI is InChI=1S/C25H25NO5/c1-14-22(25(29)31-3)23(16-5-4-6-18(27)11-16)24-20(26-14)12-17(13-21(24)28)15-7-9-19(30-2)10-8-15/h4-11,17,22-23,27H,12-13H2,1-3H3. The minimum atomic E-state index is -0.702. The van der Waals surface area contributed by atoms with Gasteiger partial charge in [0.05, 0.1) is 14.2 Å².